The van der Waals surface area contributed by atoms with E-state index >= 15 is 0 Å². The summed E-state index contributed by atoms with van der Waals surface area (Å²) in [6, 6.07) is -0.0491. The second kappa shape index (κ2) is 5.20. The molecule has 14 heavy (non-hydrogen) atoms. The first-order valence-electron chi connectivity index (χ1n) is 4.98. The molecule has 5 heteroatoms. The van der Waals surface area contributed by atoms with E-state index in [1.54, 1.807) is 0 Å². The molecule has 0 amide bonds. The van der Waals surface area contributed by atoms with Crippen LogP contribution in [0.1, 0.15) is 33.6 Å². The third kappa shape index (κ3) is 3.18. The van der Waals surface area contributed by atoms with Crippen molar-refractivity contribution >= 4 is 0 Å². The minimum atomic E-state index is -0.143. The van der Waals surface area contributed by atoms with Gasteiger partial charge in [-0.25, -0.2) is 0 Å². The summed E-state index contributed by atoms with van der Waals surface area (Å²) >= 11 is 0. The summed E-state index contributed by atoms with van der Waals surface area (Å²) in [5, 5.41) is 3.68. The van der Waals surface area contributed by atoms with E-state index in [4.69, 9.17) is 15.0 Å². The van der Waals surface area contributed by atoms with E-state index < -0.39 is 0 Å². The van der Waals surface area contributed by atoms with Gasteiger partial charge in [-0.3, -0.25) is 0 Å². The molecule has 0 aromatic carbocycles. The zero-order valence-electron chi connectivity index (χ0n) is 8.88. The van der Waals surface area contributed by atoms with Gasteiger partial charge in [-0.05, 0) is 39.1 Å². The zero-order chi connectivity index (χ0) is 10.6. The van der Waals surface area contributed by atoms with Crippen LogP contribution in [0.5, 0.6) is 0 Å². The van der Waals surface area contributed by atoms with Crippen LogP contribution in [0.3, 0.4) is 0 Å². The molecular formula is C9H17N3O2. The van der Waals surface area contributed by atoms with E-state index in [1.807, 2.05) is 20.8 Å². The standard InChI is InChI=1S/C9H17N3O2/c1-6(2)13-9-5-4-8(11-12-10)7(3)14-9/h6-9H,4-5H2,1-3H3. The molecule has 1 heterocycles. The van der Waals surface area contributed by atoms with Crippen molar-refractivity contribution in [2.75, 3.05) is 0 Å². The first-order chi connectivity index (χ1) is 6.63. The Bertz CT molecular complexity index is 226. The Hall–Kier alpha value is -0.770. The molecule has 1 fully saturated rings. The number of hydrogen-bond donors (Lipinski definition) is 0. The lowest BCUT2D eigenvalue weighted by Gasteiger charge is -2.32. The molecule has 0 saturated carbocycles. The second-order valence-electron chi connectivity index (χ2n) is 3.81. The third-order valence-electron chi connectivity index (χ3n) is 2.23. The smallest absolute Gasteiger partial charge is 0.158 e. The van der Waals surface area contributed by atoms with E-state index in [-0.39, 0.29) is 24.5 Å². The molecule has 80 valence electrons. The van der Waals surface area contributed by atoms with E-state index in [2.05, 4.69) is 10.0 Å². The van der Waals surface area contributed by atoms with Gasteiger partial charge in [0.15, 0.2) is 6.29 Å². The van der Waals surface area contributed by atoms with Gasteiger partial charge < -0.3 is 9.47 Å². The molecule has 5 nitrogen and oxygen atoms in total. The average molecular weight is 199 g/mol. The zero-order valence-corrected chi connectivity index (χ0v) is 8.88. The van der Waals surface area contributed by atoms with Crippen molar-refractivity contribution < 1.29 is 9.47 Å². The Balaban J connectivity index is 2.42. The summed E-state index contributed by atoms with van der Waals surface area (Å²) in [7, 11) is 0. The topological polar surface area (TPSA) is 67.2 Å². The van der Waals surface area contributed by atoms with E-state index in [0.717, 1.165) is 12.8 Å². The molecule has 0 aromatic rings. The Morgan fingerprint density at radius 3 is 2.71 bits per heavy atom. The molecule has 0 bridgehead atoms. The lowest BCUT2D eigenvalue weighted by molar-refractivity contribution is -0.208. The molecule has 0 radical (unpaired) electrons. The fourth-order valence-electron chi connectivity index (χ4n) is 1.56. The Labute approximate surface area is 84.0 Å². The van der Waals surface area contributed by atoms with Crippen LogP contribution in [0.2, 0.25) is 0 Å². The van der Waals surface area contributed by atoms with Crippen LogP contribution >= 0.6 is 0 Å². The highest BCUT2D eigenvalue weighted by molar-refractivity contribution is 4.79. The van der Waals surface area contributed by atoms with Crippen LogP contribution in [-0.4, -0.2) is 24.5 Å². The van der Waals surface area contributed by atoms with Crippen molar-refractivity contribution in [2.45, 2.75) is 58.2 Å². The largest absolute Gasteiger partial charge is 0.350 e. The molecule has 3 atom stereocenters. The SMILES string of the molecule is CC(C)OC1CCC(N=[N+]=[N-])C(C)O1. The second-order valence-corrected chi connectivity index (χ2v) is 3.81. The van der Waals surface area contributed by atoms with Crippen LogP contribution < -0.4 is 0 Å². The summed E-state index contributed by atoms with van der Waals surface area (Å²) in [5.41, 5.74) is 8.32. The molecule has 0 spiro atoms. The predicted octanol–water partition coefficient (Wildman–Crippen LogP) is 2.62. The normalized spacial score (nSPS) is 32.7. The van der Waals surface area contributed by atoms with Crippen LogP contribution in [-0.2, 0) is 9.47 Å². The highest BCUT2D eigenvalue weighted by Crippen LogP contribution is 2.23. The summed E-state index contributed by atoms with van der Waals surface area (Å²) in [5.74, 6) is 0. The summed E-state index contributed by atoms with van der Waals surface area (Å²) in [6.07, 6.45) is 1.61. The maximum atomic E-state index is 8.32. The quantitative estimate of drug-likeness (QED) is 0.398. The van der Waals surface area contributed by atoms with E-state index in [0.29, 0.717) is 0 Å². The highest BCUT2D eigenvalue weighted by atomic mass is 16.7. The average Bonchev–Trinajstić information content (AvgIpc) is 2.09. The van der Waals surface area contributed by atoms with E-state index in [1.165, 1.54) is 0 Å². The van der Waals surface area contributed by atoms with Crippen molar-refractivity contribution in [2.24, 2.45) is 5.11 Å². The maximum Gasteiger partial charge on any atom is 0.158 e. The van der Waals surface area contributed by atoms with Crippen molar-refractivity contribution in [3.8, 4) is 0 Å². The van der Waals surface area contributed by atoms with Gasteiger partial charge in [0.1, 0.15) is 0 Å². The predicted molar refractivity (Wildman–Crippen MR) is 52.7 cm³/mol. The van der Waals surface area contributed by atoms with Crippen molar-refractivity contribution in [3.63, 3.8) is 0 Å². The molecular weight excluding hydrogens is 182 g/mol. The lowest BCUT2D eigenvalue weighted by atomic mass is 10.0. The van der Waals surface area contributed by atoms with Gasteiger partial charge >= 0.3 is 0 Å². The summed E-state index contributed by atoms with van der Waals surface area (Å²) in [6.45, 7) is 5.87. The number of nitrogens with zero attached hydrogens (tertiary/aromatic N) is 3. The number of azide groups is 1. The van der Waals surface area contributed by atoms with Crippen molar-refractivity contribution in [1.29, 1.82) is 0 Å². The van der Waals surface area contributed by atoms with Crippen LogP contribution in [0.15, 0.2) is 5.11 Å². The van der Waals surface area contributed by atoms with Crippen LogP contribution in [0, 0.1) is 0 Å². The monoisotopic (exact) mass is 199 g/mol. The molecule has 0 N–H and O–H groups in total. The van der Waals surface area contributed by atoms with Gasteiger partial charge in [0.25, 0.3) is 0 Å². The van der Waals surface area contributed by atoms with Gasteiger partial charge in [-0.1, -0.05) is 5.11 Å². The Morgan fingerprint density at radius 2 is 2.21 bits per heavy atom. The number of hydrogen-bond acceptors (Lipinski definition) is 3. The van der Waals surface area contributed by atoms with Crippen LogP contribution in [0.4, 0.5) is 0 Å². The molecule has 0 aliphatic carbocycles. The third-order valence-corrected chi connectivity index (χ3v) is 2.23. The van der Waals surface area contributed by atoms with Gasteiger partial charge in [0.05, 0.1) is 18.2 Å². The van der Waals surface area contributed by atoms with Crippen LogP contribution in [0.25, 0.3) is 10.4 Å². The van der Waals surface area contributed by atoms with E-state index in [9.17, 15) is 0 Å². The van der Waals surface area contributed by atoms with Gasteiger partial charge in [0.2, 0.25) is 0 Å². The number of ether oxygens (including phenoxy) is 2. The fourth-order valence-corrected chi connectivity index (χ4v) is 1.56. The van der Waals surface area contributed by atoms with Gasteiger partial charge in [0, 0.05) is 4.91 Å². The Morgan fingerprint density at radius 1 is 1.50 bits per heavy atom. The van der Waals surface area contributed by atoms with Gasteiger partial charge in [-0.15, -0.1) is 0 Å². The molecule has 1 saturated heterocycles. The van der Waals surface area contributed by atoms with Crippen molar-refractivity contribution in [1.82, 2.24) is 0 Å². The first kappa shape index (κ1) is 11.3. The fraction of sp³-hybridized carbons (Fsp3) is 1.00. The highest BCUT2D eigenvalue weighted by Gasteiger charge is 2.28. The molecule has 3 unspecified atom stereocenters. The summed E-state index contributed by atoms with van der Waals surface area (Å²) < 4.78 is 11.1. The number of rotatable bonds is 3. The molecule has 1 rings (SSSR count). The van der Waals surface area contributed by atoms with Gasteiger partial charge in [-0.2, -0.15) is 0 Å². The lowest BCUT2D eigenvalue weighted by Crippen LogP contribution is -2.37. The molecule has 1 aliphatic heterocycles. The minimum Gasteiger partial charge on any atom is -0.350 e. The van der Waals surface area contributed by atoms with Crippen molar-refractivity contribution in [3.05, 3.63) is 10.4 Å². The maximum absolute atomic E-state index is 8.32. The summed E-state index contributed by atoms with van der Waals surface area (Å²) in [4.78, 5) is 2.80. The molecule has 1 aliphatic rings. The minimum absolute atomic E-state index is 0.0491. The molecule has 0 aromatic heterocycles. The first-order valence-corrected chi connectivity index (χ1v) is 4.98. The Kier molecular flexibility index (Phi) is 4.20.